The van der Waals surface area contributed by atoms with Gasteiger partial charge in [0.1, 0.15) is 0 Å². The van der Waals surface area contributed by atoms with Crippen molar-refractivity contribution in [2.45, 2.75) is 6.42 Å². The van der Waals surface area contributed by atoms with E-state index in [4.69, 9.17) is 14.2 Å². The molecule has 1 N–H and O–H groups in total. The molecular formula is C19H22N2O6S. The number of carbonyl (C=O) groups is 1. The van der Waals surface area contributed by atoms with Gasteiger partial charge in [-0.3, -0.25) is 9.10 Å². The lowest BCUT2D eigenvalue weighted by molar-refractivity contribution is 0.102. The Kier molecular flexibility index (Phi) is 5.64. The average molecular weight is 406 g/mol. The Morgan fingerprint density at radius 2 is 1.61 bits per heavy atom. The van der Waals surface area contributed by atoms with Crippen molar-refractivity contribution in [3.05, 3.63) is 42.0 Å². The summed E-state index contributed by atoms with van der Waals surface area (Å²) in [7, 11) is 1.24. The monoisotopic (exact) mass is 406 g/mol. The van der Waals surface area contributed by atoms with E-state index in [1.807, 2.05) is 0 Å². The molecule has 0 saturated carbocycles. The summed E-state index contributed by atoms with van der Waals surface area (Å²) in [5, 5.41) is 2.78. The van der Waals surface area contributed by atoms with Crippen LogP contribution in [0.25, 0.3) is 0 Å². The number of nitrogens with zero attached hydrogens (tertiary/aromatic N) is 1. The number of sulfonamides is 1. The summed E-state index contributed by atoms with van der Waals surface area (Å²) >= 11 is 0. The van der Waals surface area contributed by atoms with Crippen molar-refractivity contribution in [1.29, 1.82) is 0 Å². The molecule has 0 bridgehead atoms. The molecule has 0 unspecified atom stereocenters. The SMILES string of the molecule is COc1cc(NC(=O)c2ccc(N3CCCS3(=O)=O)cc2)cc(OC)c1OC. The molecule has 0 atom stereocenters. The van der Waals surface area contributed by atoms with Gasteiger partial charge in [0, 0.05) is 29.9 Å². The van der Waals surface area contributed by atoms with Crippen LogP contribution in [0, 0.1) is 0 Å². The predicted molar refractivity (Wildman–Crippen MR) is 106 cm³/mol. The Bertz CT molecular complexity index is 947. The normalized spacial score (nSPS) is 15.2. The second kappa shape index (κ2) is 7.97. The topological polar surface area (TPSA) is 94.2 Å². The predicted octanol–water partition coefficient (Wildman–Crippen LogP) is 2.50. The maximum Gasteiger partial charge on any atom is 0.255 e. The minimum atomic E-state index is -3.25. The van der Waals surface area contributed by atoms with Crippen LogP contribution in [0.5, 0.6) is 17.2 Å². The highest BCUT2D eigenvalue weighted by Crippen LogP contribution is 2.40. The zero-order valence-corrected chi connectivity index (χ0v) is 16.7. The molecule has 2 aromatic carbocycles. The zero-order chi connectivity index (χ0) is 20.3. The number of rotatable bonds is 6. The summed E-state index contributed by atoms with van der Waals surface area (Å²) in [5.74, 6) is 1.08. The molecule has 9 heteroatoms. The van der Waals surface area contributed by atoms with E-state index in [1.165, 1.54) is 25.6 Å². The molecule has 0 aromatic heterocycles. The molecule has 28 heavy (non-hydrogen) atoms. The van der Waals surface area contributed by atoms with Gasteiger partial charge in [0.05, 0.1) is 32.8 Å². The third-order valence-electron chi connectivity index (χ3n) is 4.44. The molecule has 1 saturated heterocycles. The Hall–Kier alpha value is -2.94. The zero-order valence-electron chi connectivity index (χ0n) is 15.9. The van der Waals surface area contributed by atoms with Crippen molar-refractivity contribution < 1.29 is 27.4 Å². The van der Waals surface area contributed by atoms with Crippen LogP contribution in [-0.4, -0.2) is 48.0 Å². The summed E-state index contributed by atoms with van der Waals surface area (Å²) in [6, 6.07) is 9.71. The Morgan fingerprint density at radius 3 is 2.07 bits per heavy atom. The summed E-state index contributed by atoms with van der Waals surface area (Å²) < 4.78 is 41.2. The van der Waals surface area contributed by atoms with E-state index in [9.17, 15) is 13.2 Å². The maximum absolute atomic E-state index is 12.6. The number of nitrogens with one attached hydrogen (secondary N) is 1. The first kappa shape index (κ1) is 19.8. The summed E-state index contributed by atoms with van der Waals surface area (Å²) in [6.07, 6.45) is 0.603. The number of benzene rings is 2. The molecule has 3 rings (SSSR count). The molecule has 0 radical (unpaired) electrons. The quantitative estimate of drug-likeness (QED) is 0.792. The largest absolute Gasteiger partial charge is 0.493 e. The summed E-state index contributed by atoms with van der Waals surface area (Å²) in [4.78, 5) is 12.6. The van der Waals surface area contributed by atoms with E-state index in [0.29, 0.717) is 47.2 Å². The molecule has 2 aromatic rings. The van der Waals surface area contributed by atoms with Crippen LogP contribution < -0.4 is 23.8 Å². The van der Waals surface area contributed by atoms with Gasteiger partial charge in [-0.05, 0) is 30.7 Å². The molecule has 1 heterocycles. The van der Waals surface area contributed by atoms with E-state index in [1.54, 1.807) is 36.4 Å². The number of methoxy groups -OCH3 is 3. The van der Waals surface area contributed by atoms with Crippen molar-refractivity contribution in [3.8, 4) is 17.2 Å². The number of amides is 1. The minimum Gasteiger partial charge on any atom is -0.493 e. The minimum absolute atomic E-state index is 0.149. The molecule has 1 aliphatic rings. The van der Waals surface area contributed by atoms with Crippen LogP contribution in [-0.2, 0) is 10.0 Å². The molecule has 150 valence electrons. The number of hydrogen-bond acceptors (Lipinski definition) is 6. The number of anilines is 2. The second-order valence-corrected chi connectivity index (χ2v) is 8.17. The van der Waals surface area contributed by atoms with Crippen molar-refractivity contribution in [1.82, 2.24) is 0 Å². The molecule has 0 aliphatic carbocycles. The summed E-state index contributed by atoms with van der Waals surface area (Å²) in [6.45, 7) is 0.458. The van der Waals surface area contributed by atoms with Crippen molar-refractivity contribution in [2.75, 3.05) is 43.2 Å². The maximum atomic E-state index is 12.6. The van der Waals surface area contributed by atoms with Gasteiger partial charge in [-0.25, -0.2) is 8.42 Å². The van der Waals surface area contributed by atoms with Gasteiger partial charge in [-0.2, -0.15) is 0 Å². The van der Waals surface area contributed by atoms with Crippen LogP contribution in [0.1, 0.15) is 16.8 Å². The smallest absolute Gasteiger partial charge is 0.255 e. The van der Waals surface area contributed by atoms with Crippen molar-refractivity contribution >= 4 is 27.3 Å². The van der Waals surface area contributed by atoms with E-state index < -0.39 is 10.0 Å². The highest BCUT2D eigenvalue weighted by molar-refractivity contribution is 7.93. The van der Waals surface area contributed by atoms with Crippen LogP contribution >= 0.6 is 0 Å². The molecular weight excluding hydrogens is 384 g/mol. The number of hydrogen-bond donors (Lipinski definition) is 1. The molecule has 8 nitrogen and oxygen atoms in total. The van der Waals surface area contributed by atoms with Crippen molar-refractivity contribution in [3.63, 3.8) is 0 Å². The Balaban J connectivity index is 1.80. The fraction of sp³-hybridized carbons (Fsp3) is 0.316. The fourth-order valence-electron chi connectivity index (χ4n) is 3.07. The molecule has 1 fully saturated rings. The Morgan fingerprint density at radius 1 is 1.00 bits per heavy atom. The van der Waals surface area contributed by atoms with Crippen LogP contribution in [0.15, 0.2) is 36.4 Å². The number of carbonyl (C=O) groups excluding carboxylic acids is 1. The summed E-state index contributed by atoms with van der Waals surface area (Å²) in [5.41, 5.74) is 1.43. The van der Waals surface area contributed by atoms with Gasteiger partial charge in [0.2, 0.25) is 15.8 Å². The fourth-order valence-corrected chi connectivity index (χ4v) is 4.63. The van der Waals surface area contributed by atoms with E-state index in [0.717, 1.165) is 0 Å². The van der Waals surface area contributed by atoms with Crippen LogP contribution in [0.2, 0.25) is 0 Å². The van der Waals surface area contributed by atoms with Gasteiger partial charge in [-0.15, -0.1) is 0 Å². The first-order valence-corrected chi connectivity index (χ1v) is 10.2. The van der Waals surface area contributed by atoms with Crippen molar-refractivity contribution in [2.24, 2.45) is 0 Å². The standard InChI is InChI=1S/C19H22N2O6S/c1-25-16-11-14(12-17(26-2)18(16)27-3)20-19(22)13-5-7-15(8-6-13)21-9-4-10-28(21,23)24/h5-8,11-12H,4,9-10H2,1-3H3,(H,20,22). The van der Waals surface area contributed by atoms with E-state index >= 15 is 0 Å². The van der Waals surface area contributed by atoms with Gasteiger partial charge < -0.3 is 19.5 Å². The number of ether oxygens (including phenoxy) is 3. The molecule has 0 spiro atoms. The first-order chi connectivity index (χ1) is 13.4. The lowest BCUT2D eigenvalue weighted by atomic mass is 10.1. The highest BCUT2D eigenvalue weighted by Gasteiger charge is 2.28. The lowest BCUT2D eigenvalue weighted by Gasteiger charge is -2.17. The van der Waals surface area contributed by atoms with Gasteiger partial charge in [-0.1, -0.05) is 0 Å². The Labute approximate surface area is 164 Å². The molecule has 1 aliphatic heterocycles. The van der Waals surface area contributed by atoms with E-state index in [-0.39, 0.29) is 11.7 Å². The first-order valence-electron chi connectivity index (χ1n) is 8.61. The van der Waals surface area contributed by atoms with Crippen LogP contribution in [0.3, 0.4) is 0 Å². The third-order valence-corrected chi connectivity index (χ3v) is 6.31. The van der Waals surface area contributed by atoms with Gasteiger partial charge in [0.25, 0.3) is 5.91 Å². The lowest BCUT2D eigenvalue weighted by Crippen LogP contribution is -2.25. The average Bonchev–Trinajstić information content (AvgIpc) is 3.06. The second-order valence-electron chi connectivity index (χ2n) is 6.16. The van der Waals surface area contributed by atoms with Gasteiger partial charge in [0.15, 0.2) is 11.5 Å². The third kappa shape index (κ3) is 3.84. The van der Waals surface area contributed by atoms with Crippen LogP contribution in [0.4, 0.5) is 11.4 Å². The van der Waals surface area contributed by atoms with E-state index in [2.05, 4.69) is 5.32 Å². The highest BCUT2D eigenvalue weighted by atomic mass is 32.2. The molecule has 1 amide bonds. The van der Waals surface area contributed by atoms with Gasteiger partial charge >= 0.3 is 0 Å².